The summed E-state index contributed by atoms with van der Waals surface area (Å²) in [6.45, 7) is 0. The van der Waals surface area contributed by atoms with Gasteiger partial charge in [-0.3, -0.25) is 9.59 Å². The summed E-state index contributed by atoms with van der Waals surface area (Å²) in [5.74, 6) is -4.61. The fourth-order valence-corrected chi connectivity index (χ4v) is 2.48. The molecule has 0 amide bonds. The van der Waals surface area contributed by atoms with Crippen molar-refractivity contribution in [2.45, 2.75) is 0 Å². The van der Waals surface area contributed by atoms with Crippen molar-refractivity contribution in [2.75, 3.05) is 0 Å². The maximum atomic E-state index is 12.4. The molecule has 1 aliphatic carbocycles. The minimum absolute atomic E-state index is 0. The van der Waals surface area contributed by atoms with Gasteiger partial charge in [-0.15, -0.1) is 0 Å². The van der Waals surface area contributed by atoms with Crippen LogP contribution in [-0.4, -0.2) is 34.5 Å². The molecule has 1 aliphatic rings. The zero-order valence-corrected chi connectivity index (χ0v) is 16.1. The molecule has 14 heteroatoms. The van der Waals surface area contributed by atoms with Gasteiger partial charge in [-0.25, -0.2) is 0 Å². The second-order valence-electron chi connectivity index (χ2n) is 4.72. The van der Waals surface area contributed by atoms with Gasteiger partial charge in [0, 0.05) is 33.4 Å². The standard InChI is InChI=1S/C16H8O6.Ni.7H2O/c17-13-7-3-1-2-4-8(7)14(18)10-6-12(16(21)22)11(15(19)20)5-9(10)13;;;;;;;;/h1-6H,(H,19,20)(H,21,22);;7*1H2/q;+2;;;;;;;/p+3. The number of rotatable bonds is 2. The first-order valence-corrected chi connectivity index (χ1v) is 6.21. The Kier molecular flexibility index (Phi) is 20.5. The molecule has 0 spiro atoms. The molecule has 0 saturated carbocycles. The third-order valence-corrected chi connectivity index (χ3v) is 3.50. The summed E-state index contributed by atoms with van der Waals surface area (Å²) >= 11 is 0. The van der Waals surface area contributed by atoms with Crippen LogP contribution in [0.4, 0.5) is 0 Å². The van der Waals surface area contributed by atoms with Crippen LogP contribution in [0.25, 0.3) is 0 Å². The van der Waals surface area contributed by atoms with Crippen LogP contribution in [0.2, 0.25) is 0 Å². The number of ketones is 2. The van der Waals surface area contributed by atoms with Crippen molar-refractivity contribution in [3.63, 3.8) is 0 Å². The topological polar surface area (TPSA) is 342 Å². The molecular weight excluding hydrogens is 459 g/mol. The largest absolute Gasteiger partial charge is 2.00 e. The Morgan fingerprint density at radius 3 is 1.10 bits per heavy atom. The van der Waals surface area contributed by atoms with Gasteiger partial charge >= 0.3 is 16.5 Å². The number of aromatic carboxylic acids is 2. The molecular formula is C16H25NiO13+5. The van der Waals surface area contributed by atoms with E-state index in [-0.39, 0.29) is 77.1 Å². The number of hydrogen-bond acceptors (Lipinski definition) is 6. The first-order valence-electron chi connectivity index (χ1n) is 6.21. The van der Waals surface area contributed by atoms with Crippen molar-refractivity contribution in [3.8, 4) is 0 Å². The summed E-state index contributed by atoms with van der Waals surface area (Å²) in [5.41, 5.74) is -1.42. The summed E-state index contributed by atoms with van der Waals surface area (Å²) in [6.07, 6.45) is 0. The van der Waals surface area contributed by atoms with Crippen LogP contribution < -0.4 is 10.2 Å². The molecule has 0 aliphatic heterocycles. The predicted octanol–water partition coefficient (Wildman–Crippen LogP) is -7.07. The minimum Gasteiger partial charge on any atom is -0.545 e. The molecule has 0 radical (unpaired) electrons. The number of carboxylic acid groups (broad SMARTS) is 2. The maximum absolute atomic E-state index is 12.4. The SMILES string of the molecule is O.O.O=C([O-])c1cc2c(cc1C(=O)[O-])C(=O)c1ccccc1C2=O.[Ni+2].[OH3+].[OH3+].[OH3+].[OH3+].[OH3+]. The molecule has 3 rings (SSSR count). The molecule has 172 valence electrons. The average molecular weight is 484 g/mol. The van der Waals surface area contributed by atoms with Gasteiger partial charge in [-0.2, -0.15) is 0 Å². The molecule has 13 nitrogen and oxygen atoms in total. The van der Waals surface area contributed by atoms with E-state index in [9.17, 15) is 29.4 Å². The quantitative estimate of drug-likeness (QED) is 0.251. The van der Waals surface area contributed by atoms with Gasteiger partial charge in [0.1, 0.15) is 0 Å². The van der Waals surface area contributed by atoms with E-state index in [2.05, 4.69) is 0 Å². The van der Waals surface area contributed by atoms with E-state index in [1.807, 2.05) is 0 Å². The first-order chi connectivity index (χ1) is 10.4. The second kappa shape index (κ2) is 14.9. The van der Waals surface area contributed by atoms with E-state index in [1.165, 1.54) is 12.1 Å². The van der Waals surface area contributed by atoms with Gasteiger partial charge in [-0.1, -0.05) is 24.3 Å². The van der Waals surface area contributed by atoms with Crippen LogP contribution >= 0.6 is 0 Å². The van der Waals surface area contributed by atoms with E-state index in [4.69, 9.17) is 0 Å². The molecule has 0 atom stereocenters. The van der Waals surface area contributed by atoms with Crippen LogP contribution in [0.1, 0.15) is 52.6 Å². The van der Waals surface area contributed by atoms with Gasteiger partial charge in [0.2, 0.25) is 0 Å². The van der Waals surface area contributed by atoms with E-state index >= 15 is 0 Å². The molecule has 30 heavy (non-hydrogen) atoms. The summed E-state index contributed by atoms with van der Waals surface area (Å²) in [6, 6.07) is 7.75. The average Bonchev–Trinajstić information content (AvgIpc) is 2.51. The molecule has 0 heterocycles. The third-order valence-electron chi connectivity index (χ3n) is 3.50. The second-order valence-corrected chi connectivity index (χ2v) is 4.72. The fraction of sp³-hybridized carbons (Fsp3) is 0. The van der Waals surface area contributed by atoms with Crippen LogP contribution in [0, 0.1) is 0 Å². The molecule has 2 aromatic carbocycles. The van der Waals surface area contributed by atoms with Crippen LogP contribution in [0.3, 0.4) is 0 Å². The van der Waals surface area contributed by atoms with Crippen molar-refractivity contribution >= 4 is 23.5 Å². The van der Waals surface area contributed by atoms with E-state index in [0.717, 1.165) is 12.1 Å². The Morgan fingerprint density at radius 1 is 0.600 bits per heavy atom. The Bertz CT molecular complexity index is 823. The van der Waals surface area contributed by atoms with Gasteiger partial charge in [-0.05, 0) is 12.1 Å². The molecule has 0 aromatic heterocycles. The number of carbonyl (C=O) groups is 4. The Hall–Kier alpha value is -3.07. The summed E-state index contributed by atoms with van der Waals surface area (Å²) in [5, 5.41) is 22.1. The number of fused-ring (bicyclic) bond motifs is 2. The van der Waals surface area contributed by atoms with Gasteiger partial charge in [0.15, 0.2) is 11.6 Å². The molecule has 0 fully saturated rings. The predicted molar refractivity (Wildman–Crippen MR) is 100.0 cm³/mol. The van der Waals surface area contributed by atoms with Crippen molar-refractivity contribution in [2.24, 2.45) is 0 Å². The number of hydrogen-bond donors (Lipinski definition) is 0. The monoisotopic (exact) mass is 483 g/mol. The molecule has 0 unspecified atom stereocenters. The van der Waals surface area contributed by atoms with Crippen molar-refractivity contribution in [1.82, 2.24) is 0 Å². The van der Waals surface area contributed by atoms with E-state index < -0.39 is 34.6 Å². The zero-order chi connectivity index (χ0) is 16.0. The van der Waals surface area contributed by atoms with Gasteiger partial charge in [0.05, 0.1) is 11.9 Å². The third kappa shape index (κ3) is 6.22. The molecule has 0 bridgehead atoms. The van der Waals surface area contributed by atoms with Crippen LogP contribution in [0.5, 0.6) is 0 Å². The number of carboxylic acids is 2. The molecule has 0 saturated heterocycles. The van der Waals surface area contributed by atoms with Crippen LogP contribution in [-0.2, 0) is 43.9 Å². The van der Waals surface area contributed by atoms with Crippen LogP contribution in [0.15, 0.2) is 36.4 Å². The maximum Gasteiger partial charge on any atom is 2.00 e. The van der Waals surface area contributed by atoms with Crippen molar-refractivity contribution in [3.05, 3.63) is 69.8 Å². The van der Waals surface area contributed by atoms with Gasteiger partial charge < -0.3 is 58.1 Å². The zero-order valence-electron chi connectivity index (χ0n) is 15.1. The van der Waals surface area contributed by atoms with E-state index in [1.54, 1.807) is 12.1 Å². The summed E-state index contributed by atoms with van der Waals surface area (Å²) in [7, 11) is 0. The summed E-state index contributed by atoms with van der Waals surface area (Å²) < 4.78 is 0. The minimum atomic E-state index is -1.76. The number of carbonyl (C=O) groups excluding carboxylic acids is 4. The fourth-order valence-electron chi connectivity index (χ4n) is 2.48. The Morgan fingerprint density at radius 2 is 0.867 bits per heavy atom. The molecule has 2 aromatic rings. The molecule has 19 N–H and O–H groups in total. The summed E-state index contributed by atoms with van der Waals surface area (Å²) in [4.78, 5) is 46.9. The Labute approximate surface area is 178 Å². The smallest absolute Gasteiger partial charge is 0.545 e. The normalized spacial score (nSPS) is 9.20. The number of benzene rings is 2. The Balaban J connectivity index is -0.000000180. The van der Waals surface area contributed by atoms with Gasteiger partial charge in [0.25, 0.3) is 0 Å². The first kappa shape index (κ1) is 41.3. The van der Waals surface area contributed by atoms with E-state index in [0.29, 0.717) is 0 Å². The van der Waals surface area contributed by atoms with Crippen molar-refractivity contribution in [1.29, 1.82) is 0 Å². The van der Waals surface area contributed by atoms with Crippen molar-refractivity contribution < 1.29 is 84.2 Å².